The third-order valence-electron chi connectivity index (χ3n) is 4.40. The fraction of sp³-hybridized carbons (Fsp3) is 0.471. The van der Waals surface area contributed by atoms with Gasteiger partial charge < -0.3 is 14.7 Å². The summed E-state index contributed by atoms with van der Waals surface area (Å²) in [6.45, 7) is 0. The van der Waals surface area contributed by atoms with Crippen LogP contribution in [0.1, 0.15) is 19.3 Å². The number of hydrogen-bond donors (Lipinski definition) is 1. The lowest BCUT2D eigenvalue weighted by Gasteiger charge is -2.24. The van der Waals surface area contributed by atoms with Gasteiger partial charge in [0.1, 0.15) is 5.75 Å². The molecule has 2 aliphatic heterocycles. The molecule has 0 saturated carbocycles. The second kappa shape index (κ2) is 7.89. The van der Waals surface area contributed by atoms with Crippen LogP contribution in [0.2, 0.25) is 0 Å². The van der Waals surface area contributed by atoms with E-state index >= 15 is 0 Å². The van der Waals surface area contributed by atoms with E-state index in [0.29, 0.717) is 16.6 Å². The van der Waals surface area contributed by atoms with E-state index in [1.807, 2.05) is 6.07 Å². The smallest absolute Gasteiger partial charge is 0.303 e. The van der Waals surface area contributed by atoms with E-state index in [1.165, 1.54) is 11.8 Å². The molecule has 0 spiro atoms. The summed E-state index contributed by atoms with van der Waals surface area (Å²) in [7, 11) is -1.59. The molecule has 8 nitrogen and oxygen atoms in total. The standard InChI is InChI=1S/C17H20N2O6S2/c1-25-12-5-2-4-11(8-12)19-13-9-27(23,24)10-14(13)26-17(19)18-15(20)6-3-7-16(21)22/h2,4-5,8,13-14H,3,6-7,9-10H2,1H3,(H,21,22)/t13-,14-/m0/s1. The van der Waals surface area contributed by atoms with Crippen molar-refractivity contribution in [2.45, 2.75) is 30.6 Å². The van der Waals surface area contributed by atoms with Gasteiger partial charge in [-0.25, -0.2) is 8.42 Å². The minimum atomic E-state index is -3.14. The molecule has 0 aliphatic carbocycles. The number of rotatable bonds is 6. The largest absolute Gasteiger partial charge is 0.497 e. The summed E-state index contributed by atoms with van der Waals surface area (Å²) in [5.41, 5.74) is 0.712. The molecular formula is C17H20N2O6S2. The monoisotopic (exact) mass is 412 g/mol. The number of carboxylic acids is 1. The Bertz CT molecular complexity index is 883. The number of hydrogen-bond acceptors (Lipinski definition) is 6. The Morgan fingerprint density at radius 2 is 2.11 bits per heavy atom. The van der Waals surface area contributed by atoms with Crippen molar-refractivity contribution in [3.05, 3.63) is 24.3 Å². The van der Waals surface area contributed by atoms with Gasteiger partial charge >= 0.3 is 5.97 Å². The molecular weight excluding hydrogens is 392 g/mol. The quantitative estimate of drug-likeness (QED) is 0.749. The van der Waals surface area contributed by atoms with Crippen molar-refractivity contribution in [3.8, 4) is 5.75 Å². The van der Waals surface area contributed by atoms with E-state index in [1.54, 1.807) is 30.2 Å². The lowest BCUT2D eigenvalue weighted by molar-refractivity contribution is -0.137. The molecule has 2 aliphatic rings. The molecule has 1 aromatic rings. The number of benzene rings is 1. The van der Waals surface area contributed by atoms with E-state index in [2.05, 4.69) is 4.99 Å². The van der Waals surface area contributed by atoms with Gasteiger partial charge in [-0.1, -0.05) is 17.8 Å². The number of amidine groups is 1. The molecule has 10 heteroatoms. The summed E-state index contributed by atoms with van der Waals surface area (Å²) in [6.07, 6.45) is 0.165. The molecule has 1 N–H and O–H groups in total. The maximum atomic E-state index is 12.2. The topological polar surface area (TPSA) is 113 Å². The van der Waals surface area contributed by atoms with Crippen LogP contribution in [0.5, 0.6) is 5.75 Å². The number of fused-ring (bicyclic) bond motifs is 1. The third-order valence-corrected chi connectivity index (χ3v) is 7.61. The predicted molar refractivity (Wildman–Crippen MR) is 103 cm³/mol. The van der Waals surface area contributed by atoms with Crippen LogP contribution >= 0.6 is 11.8 Å². The zero-order valence-corrected chi connectivity index (χ0v) is 16.3. The van der Waals surface area contributed by atoms with Crippen LogP contribution in [-0.4, -0.2) is 60.5 Å². The highest BCUT2D eigenvalue weighted by Gasteiger charge is 2.49. The van der Waals surface area contributed by atoms with Crippen LogP contribution in [-0.2, 0) is 19.4 Å². The molecule has 27 heavy (non-hydrogen) atoms. The molecule has 0 unspecified atom stereocenters. The highest BCUT2D eigenvalue weighted by atomic mass is 32.2. The Balaban J connectivity index is 1.87. The Morgan fingerprint density at radius 3 is 2.81 bits per heavy atom. The van der Waals surface area contributed by atoms with Crippen molar-refractivity contribution < 1.29 is 27.9 Å². The van der Waals surface area contributed by atoms with Crippen LogP contribution in [0.25, 0.3) is 0 Å². The number of sulfone groups is 1. The van der Waals surface area contributed by atoms with Crippen molar-refractivity contribution in [1.82, 2.24) is 0 Å². The van der Waals surface area contributed by atoms with Crippen LogP contribution in [0.4, 0.5) is 5.69 Å². The summed E-state index contributed by atoms with van der Waals surface area (Å²) >= 11 is 1.29. The van der Waals surface area contributed by atoms with Crippen LogP contribution in [0.3, 0.4) is 0 Å². The van der Waals surface area contributed by atoms with E-state index in [9.17, 15) is 18.0 Å². The molecule has 2 saturated heterocycles. The molecule has 1 aromatic carbocycles. The highest BCUT2D eigenvalue weighted by Crippen LogP contribution is 2.41. The molecule has 0 aromatic heterocycles. The third kappa shape index (κ3) is 4.62. The summed E-state index contributed by atoms with van der Waals surface area (Å²) in [5.74, 6) is -0.685. The number of carboxylic acid groups (broad SMARTS) is 1. The van der Waals surface area contributed by atoms with Crippen molar-refractivity contribution >= 4 is 44.3 Å². The van der Waals surface area contributed by atoms with Gasteiger partial charge in [0.15, 0.2) is 15.0 Å². The van der Waals surface area contributed by atoms with Gasteiger partial charge in [-0.2, -0.15) is 4.99 Å². The van der Waals surface area contributed by atoms with Gasteiger partial charge in [0.25, 0.3) is 0 Å². The first-order valence-electron chi connectivity index (χ1n) is 8.43. The van der Waals surface area contributed by atoms with Gasteiger partial charge in [0.05, 0.1) is 24.7 Å². The van der Waals surface area contributed by atoms with Crippen molar-refractivity contribution in [1.29, 1.82) is 0 Å². The van der Waals surface area contributed by atoms with Crippen molar-refractivity contribution in [2.75, 3.05) is 23.5 Å². The summed E-state index contributed by atoms with van der Waals surface area (Å²) in [4.78, 5) is 28.7. The number of aliphatic imine (C=N–C) groups is 1. The first-order valence-corrected chi connectivity index (χ1v) is 11.1. The van der Waals surface area contributed by atoms with Crippen LogP contribution in [0.15, 0.2) is 29.3 Å². The average molecular weight is 412 g/mol. The SMILES string of the molecule is COc1cccc(N2C(=NC(=O)CCCC(=O)O)S[C@H]3CS(=O)(=O)C[C@@H]32)c1. The minimum Gasteiger partial charge on any atom is -0.497 e. The molecule has 1 amide bonds. The molecule has 3 rings (SSSR count). The number of ether oxygens (including phenoxy) is 1. The average Bonchev–Trinajstić information content (AvgIpc) is 3.05. The predicted octanol–water partition coefficient (Wildman–Crippen LogP) is 1.55. The zero-order valence-electron chi connectivity index (χ0n) is 14.7. The number of amides is 1. The van der Waals surface area contributed by atoms with Crippen LogP contribution < -0.4 is 9.64 Å². The summed E-state index contributed by atoms with van der Waals surface area (Å²) in [5, 5.41) is 8.94. The first-order chi connectivity index (χ1) is 12.8. The number of aliphatic carboxylic acids is 1. The molecule has 2 atom stereocenters. The van der Waals surface area contributed by atoms with E-state index in [0.717, 1.165) is 0 Å². The maximum absolute atomic E-state index is 12.2. The Morgan fingerprint density at radius 1 is 1.33 bits per heavy atom. The lowest BCUT2D eigenvalue weighted by Crippen LogP contribution is -2.37. The second-order valence-electron chi connectivity index (χ2n) is 6.41. The van der Waals surface area contributed by atoms with Gasteiger partial charge in [0, 0.05) is 29.8 Å². The summed E-state index contributed by atoms with van der Waals surface area (Å²) in [6, 6.07) is 6.88. The van der Waals surface area contributed by atoms with Crippen LogP contribution in [0, 0.1) is 0 Å². The fourth-order valence-electron chi connectivity index (χ4n) is 3.18. The normalized spacial score (nSPS) is 24.8. The fourth-order valence-corrected chi connectivity index (χ4v) is 7.11. The minimum absolute atomic E-state index is 0.00804. The Labute approximate surface area is 161 Å². The van der Waals surface area contributed by atoms with Gasteiger partial charge in [-0.05, 0) is 18.6 Å². The number of anilines is 1. The Kier molecular flexibility index (Phi) is 5.75. The molecule has 146 valence electrons. The van der Waals surface area contributed by atoms with E-state index in [4.69, 9.17) is 9.84 Å². The molecule has 0 bridgehead atoms. The lowest BCUT2D eigenvalue weighted by atomic mass is 10.2. The van der Waals surface area contributed by atoms with Crippen molar-refractivity contribution in [3.63, 3.8) is 0 Å². The first kappa shape index (κ1) is 19.7. The second-order valence-corrected chi connectivity index (χ2v) is 9.77. The number of carbonyl (C=O) groups is 2. The summed E-state index contributed by atoms with van der Waals surface area (Å²) < 4.78 is 29.3. The van der Waals surface area contributed by atoms with Crippen molar-refractivity contribution in [2.24, 2.45) is 4.99 Å². The highest BCUT2D eigenvalue weighted by molar-refractivity contribution is 8.16. The number of carbonyl (C=O) groups excluding carboxylic acids is 1. The van der Waals surface area contributed by atoms with E-state index in [-0.39, 0.29) is 42.1 Å². The number of methoxy groups -OCH3 is 1. The van der Waals surface area contributed by atoms with E-state index < -0.39 is 21.7 Å². The van der Waals surface area contributed by atoms with Gasteiger partial charge in [0.2, 0.25) is 5.91 Å². The van der Waals surface area contributed by atoms with Gasteiger partial charge in [-0.15, -0.1) is 0 Å². The molecule has 2 fully saturated rings. The Hall–Kier alpha value is -2.07. The molecule has 0 radical (unpaired) electrons. The maximum Gasteiger partial charge on any atom is 0.303 e. The zero-order chi connectivity index (χ0) is 19.6. The number of nitrogens with zero attached hydrogens (tertiary/aromatic N) is 2. The van der Waals surface area contributed by atoms with Gasteiger partial charge in [-0.3, -0.25) is 9.59 Å². The molecule has 2 heterocycles. The number of thioether (sulfide) groups is 1.